The molecule has 1 N–H and O–H groups in total. The van der Waals surface area contributed by atoms with E-state index in [0.717, 1.165) is 38.5 Å². The number of esters is 1. The fourth-order valence-electron chi connectivity index (χ4n) is 1.71. The number of ether oxygens (including phenoxy) is 1. The van der Waals surface area contributed by atoms with Gasteiger partial charge in [-0.25, -0.2) is 0 Å². The molecular formula is C13H24O4. The average Bonchev–Trinajstić information content (AvgIpc) is 2.31. The van der Waals surface area contributed by atoms with Crippen molar-refractivity contribution in [1.82, 2.24) is 0 Å². The van der Waals surface area contributed by atoms with Crippen molar-refractivity contribution in [1.29, 1.82) is 0 Å². The van der Waals surface area contributed by atoms with E-state index >= 15 is 0 Å². The van der Waals surface area contributed by atoms with E-state index < -0.39 is 5.97 Å². The second-order valence-electron chi connectivity index (χ2n) is 4.37. The Bertz CT molecular complexity index is 219. The molecule has 0 amide bonds. The molecule has 100 valence electrons. The normalized spacial score (nSPS) is 15.6. The van der Waals surface area contributed by atoms with Gasteiger partial charge in [0.15, 0.2) is 0 Å². The average molecular weight is 244 g/mol. The molecule has 1 saturated carbocycles. The predicted octanol–water partition coefficient (Wildman–Crippen LogP) is 3.00. The molecule has 1 fully saturated rings. The van der Waals surface area contributed by atoms with Gasteiger partial charge in [0, 0.05) is 6.92 Å². The smallest absolute Gasteiger partial charge is 0.306 e. The molecule has 0 aromatic heterocycles. The summed E-state index contributed by atoms with van der Waals surface area (Å²) in [5.74, 6) is -0.813. The maximum Gasteiger partial charge on any atom is 0.306 e. The molecular weight excluding hydrogens is 220 g/mol. The summed E-state index contributed by atoms with van der Waals surface area (Å²) in [6.07, 6.45) is 7.29. The summed E-state index contributed by atoms with van der Waals surface area (Å²) in [7, 11) is 0. The molecule has 4 nitrogen and oxygen atoms in total. The van der Waals surface area contributed by atoms with Crippen LogP contribution >= 0.6 is 0 Å². The van der Waals surface area contributed by atoms with Gasteiger partial charge in [-0.2, -0.15) is 0 Å². The first-order chi connectivity index (χ1) is 8.07. The second kappa shape index (κ2) is 10.1. The van der Waals surface area contributed by atoms with Crippen molar-refractivity contribution in [2.75, 3.05) is 6.61 Å². The van der Waals surface area contributed by atoms with Crippen molar-refractivity contribution in [3.8, 4) is 0 Å². The Morgan fingerprint density at radius 3 is 2.18 bits per heavy atom. The number of aliphatic carboxylic acids is 1. The Kier molecular flexibility index (Phi) is 9.49. The Balaban J connectivity index is 0.000000304. The lowest BCUT2D eigenvalue weighted by atomic mass is 9.90. The zero-order chi connectivity index (χ0) is 13.1. The summed E-state index contributed by atoms with van der Waals surface area (Å²) in [5, 5.41) is 8.54. The van der Waals surface area contributed by atoms with E-state index in [4.69, 9.17) is 5.11 Å². The topological polar surface area (TPSA) is 63.6 Å². The number of carboxylic acid groups (broad SMARTS) is 1. The Labute approximate surface area is 103 Å². The molecule has 0 radical (unpaired) electrons. The lowest BCUT2D eigenvalue weighted by Gasteiger charge is -2.16. The number of rotatable bonds is 4. The van der Waals surface area contributed by atoms with Crippen molar-refractivity contribution < 1.29 is 19.4 Å². The standard InChI is InChI=1S/C7H12O2.C6H12O2/c8-7(9)6-4-2-1-3-5-6;1-3-4-5-8-6(2)7/h6H,1-5H2,(H,8,9);3-5H2,1-2H3. The fourth-order valence-corrected chi connectivity index (χ4v) is 1.71. The monoisotopic (exact) mass is 244 g/mol. The second-order valence-corrected chi connectivity index (χ2v) is 4.37. The van der Waals surface area contributed by atoms with Gasteiger partial charge in [-0.05, 0) is 19.3 Å². The van der Waals surface area contributed by atoms with Crippen molar-refractivity contribution in [2.24, 2.45) is 5.92 Å². The van der Waals surface area contributed by atoms with Crippen LogP contribution in [-0.4, -0.2) is 23.7 Å². The third-order valence-electron chi connectivity index (χ3n) is 2.76. The number of carbonyl (C=O) groups is 2. The Hall–Kier alpha value is -1.06. The van der Waals surface area contributed by atoms with Crippen LogP contribution in [-0.2, 0) is 14.3 Å². The highest BCUT2D eigenvalue weighted by atomic mass is 16.5. The van der Waals surface area contributed by atoms with Gasteiger partial charge in [-0.1, -0.05) is 32.6 Å². The molecule has 0 unspecified atom stereocenters. The van der Waals surface area contributed by atoms with E-state index in [1.165, 1.54) is 13.3 Å². The van der Waals surface area contributed by atoms with Crippen LogP contribution in [0.1, 0.15) is 58.8 Å². The van der Waals surface area contributed by atoms with Crippen LogP contribution in [0.2, 0.25) is 0 Å². The van der Waals surface area contributed by atoms with Gasteiger partial charge in [0.25, 0.3) is 0 Å². The number of hydrogen-bond acceptors (Lipinski definition) is 3. The fraction of sp³-hybridized carbons (Fsp3) is 0.846. The summed E-state index contributed by atoms with van der Waals surface area (Å²) in [6.45, 7) is 4.06. The number of carbonyl (C=O) groups excluding carboxylic acids is 1. The zero-order valence-corrected chi connectivity index (χ0v) is 10.9. The van der Waals surface area contributed by atoms with Crippen molar-refractivity contribution >= 4 is 11.9 Å². The maximum atomic E-state index is 10.4. The van der Waals surface area contributed by atoms with Gasteiger partial charge in [0.1, 0.15) is 0 Å². The van der Waals surface area contributed by atoms with Crippen molar-refractivity contribution in [2.45, 2.75) is 58.8 Å². The molecule has 0 bridgehead atoms. The Morgan fingerprint density at radius 2 is 1.82 bits per heavy atom. The molecule has 0 aromatic rings. The van der Waals surface area contributed by atoms with E-state index in [1.54, 1.807) is 0 Å². The molecule has 1 rings (SSSR count). The van der Waals surface area contributed by atoms with Crippen LogP contribution in [0, 0.1) is 5.92 Å². The predicted molar refractivity (Wildman–Crippen MR) is 65.8 cm³/mol. The van der Waals surface area contributed by atoms with Crippen LogP contribution in [0.4, 0.5) is 0 Å². The molecule has 17 heavy (non-hydrogen) atoms. The summed E-state index contributed by atoms with van der Waals surface area (Å²) in [4.78, 5) is 20.5. The third-order valence-corrected chi connectivity index (χ3v) is 2.76. The molecule has 1 aliphatic carbocycles. The van der Waals surface area contributed by atoms with Gasteiger partial charge in [-0.3, -0.25) is 9.59 Å². The molecule has 0 atom stereocenters. The largest absolute Gasteiger partial charge is 0.481 e. The summed E-state index contributed by atoms with van der Waals surface area (Å²) in [6, 6.07) is 0. The van der Waals surface area contributed by atoms with Crippen molar-refractivity contribution in [3.63, 3.8) is 0 Å². The molecule has 1 aliphatic rings. The molecule has 0 heterocycles. The maximum absolute atomic E-state index is 10.4. The molecule has 0 aliphatic heterocycles. The van der Waals surface area contributed by atoms with Gasteiger partial charge in [0.2, 0.25) is 0 Å². The van der Waals surface area contributed by atoms with Crippen LogP contribution < -0.4 is 0 Å². The minimum Gasteiger partial charge on any atom is -0.481 e. The van der Waals surface area contributed by atoms with E-state index in [0.29, 0.717) is 6.61 Å². The highest BCUT2D eigenvalue weighted by Crippen LogP contribution is 2.23. The van der Waals surface area contributed by atoms with Crippen LogP contribution in [0.15, 0.2) is 0 Å². The van der Waals surface area contributed by atoms with E-state index in [9.17, 15) is 9.59 Å². The van der Waals surface area contributed by atoms with Crippen LogP contribution in [0.25, 0.3) is 0 Å². The van der Waals surface area contributed by atoms with Crippen LogP contribution in [0.3, 0.4) is 0 Å². The summed E-state index contributed by atoms with van der Waals surface area (Å²) < 4.78 is 4.64. The third kappa shape index (κ3) is 9.85. The van der Waals surface area contributed by atoms with Gasteiger partial charge in [-0.15, -0.1) is 0 Å². The first-order valence-electron chi connectivity index (χ1n) is 6.44. The van der Waals surface area contributed by atoms with E-state index in [-0.39, 0.29) is 11.9 Å². The number of hydrogen-bond donors (Lipinski definition) is 1. The lowest BCUT2D eigenvalue weighted by molar-refractivity contribution is -0.143. The molecule has 0 aromatic carbocycles. The molecule has 0 spiro atoms. The van der Waals surface area contributed by atoms with Gasteiger partial charge < -0.3 is 9.84 Å². The summed E-state index contributed by atoms with van der Waals surface area (Å²) >= 11 is 0. The summed E-state index contributed by atoms with van der Waals surface area (Å²) in [5.41, 5.74) is 0. The van der Waals surface area contributed by atoms with E-state index in [1.807, 2.05) is 0 Å². The SMILES string of the molecule is CCCCOC(C)=O.O=C(O)C1CCCCC1. The number of carboxylic acids is 1. The minimum absolute atomic E-state index is 0.0289. The molecule has 4 heteroatoms. The first-order valence-corrected chi connectivity index (χ1v) is 6.44. The first kappa shape index (κ1) is 15.9. The minimum atomic E-state index is -0.602. The molecule has 0 saturated heterocycles. The van der Waals surface area contributed by atoms with Crippen molar-refractivity contribution in [3.05, 3.63) is 0 Å². The highest BCUT2D eigenvalue weighted by Gasteiger charge is 2.19. The quantitative estimate of drug-likeness (QED) is 0.610. The van der Waals surface area contributed by atoms with E-state index in [2.05, 4.69) is 11.7 Å². The van der Waals surface area contributed by atoms with Crippen LogP contribution in [0.5, 0.6) is 0 Å². The van der Waals surface area contributed by atoms with Gasteiger partial charge >= 0.3 is 11.9 Å². The lowest BCUT2D eigenvalue weighted by Crippen LogP contribution is -2.16. The highest BCUT2D eigenvalue weighted by molar-refractivity contribution is 5.69. The van der Waals surface area contributed by atoms with Gasteiger partial charge in [0.05, 0.1) is 12.5 Å². The number of unbranched alkanes of at least 4 members (excludes halogenated alkanes) is 1. The Morgan fingerprint density at radius 1 is 1.24 bits per heavy atom. The zero-order valence-electron chi connectivity index (χ0n) is 10.9.